The number of para-hydroxylation sites is 1. The van der Waals surface area contributed by atoms with Crippen molar-refractivity contribution in [3.63, 3.8) is 0 Å². The molecule has 0 bridgehead atoms. The second-order valence-electron chi connectivity index (χ2n) is 6.30. The molecule has 1 amide bonds. The summed E-state index contributed by atoms with van der Waals surface area (Å²) in [5.74, 6) is -0.797. The van der Waals surface area contributed by atoms with Crippen LogP contribution in [0.1, 0.15) is 22.8 Å². The lowest BCUT2D eigenvalue weighted by atomic mass is 10.0. The van der Waals surface area contributed by atoms with E-state index in [0.29, 0.717) is 11.3 Å². The number of carbonyl (C=O) groups excluding carboxylic acids is 2. The number of nitrogens with one attached hydrogen (secondary N) is 1. The summed E-state index contributed by atoms with van der Waals surface area (Å²) >= 11 is 0. The number of amides is 1. The number of carbonyl (C=O) groups is 2. The van der Waals surface area contributed by atoms with Crippen LogP contribution in [0.3, 0.4) is 0 Å². The van der Waals surface area contributed by atoms with Crippen LogP contribution in [0.15, 0.2) is 84.9 Å². The van der Waals surface area contributed by atoms with Crippen molar-refractivity contribution in [2.75, 3.05) is 12.4 Å². The minimum atomic E-state index is -0.492. The van der Waals surface area contributed by atoms with Gasteiger partial charge in [-0.15, -0.1) is 0 Å². The molecule has 0 aromatic heterocycles. The van der Waals surface area contributed by atoms with Gasteiger partial charge in [-0.25, -0.2) is 4.79 Å². The Bertz CT molecular complexity index is 1010. The highest BCUT2D eigenvalue weighted by Crippen LogP contribution is 2.22. The first-order valence-corrected chi connectivity index (χ1v) is 8.91. The average molecular weight is 371 g/mol. The number of rotatable bonds is 5. The summed E-state index contributed by atoms with van der Waals surface area (Å²) in [5.41, 5.74) is 4.78. The molecule has 0 atom stereocenters. The van der Waals surface area contributed by atoms with Crippen LogP contribution in [0.5, 0.6) is 0 Å². The normalized spacial score (nSPS) is 11.0. The van der Waals surface area contributed by atoms with Gasteiger partial charge in [0.05, 0.1) is 18.4 Å². The number of hydrogen-bond donors (Lipinski definition) is 1. The number of ether oxygens (including phenoxy) is 1. The van der Waals surface area contributed by atoms with Gasteiger partial charge in [-0.3, -0.25) is 4.79 Å². The van der Waals surface area contributed by atoms with Crippen molar-refractivity contribution in [3.05, 3.63) is 96.1 Å². The first-order chi connectivity index (χ1) is 13.6. The van der Waals surface area contributed by atoms with Crippen molar-refractivity contribution in [2.24, 2.45) is 0 Å². The SMILES string of the molecule is COC(=O)c1ccccc1NC(=O)/C=C(/C)c1ccc(-c2ccccc2)cc1. The van der Waals surface area contributed by atoms with Gasteiger partial charge in [0, 0.05) is 6.08 Å². The van der Waals surface area contributed by atoms with Gasteiger partial charge in [0.15, 0.2) is 0 Å². The molecule has 4 nitrogen and oxygen atoms in total. The van der Waals surface area contributed by atoms with Crippen LogP contribution in [0.4, 0.5) is 5.69 Å². The van der Waals surface area contributed by atoms with E-state index >= 15 is 0 Å². The predicted molar refractivity (Wildman–Crippen MR) is 112 cm³/mol. The fourth-order valence-corrected chi connectivity index (χ4v) is 2.89. The molecule has 0 fully saturated rings. The maximum Gasteiger partial charge on any atom is 0.339 e. The van der Waals surface area contributed by atoms with Crippen molar-refractivity contribution in [1.29, 1.82) is 0 Å². The van der Waals surface area contributed by atoms with Crippen LogP contribution in [0.2, 0.25) is 0 Å². The van der Waals surface area contributed by atoms with Crippen molar-refractivity contribution < 1.29 is 14.3 Å². The number of allylic oxidation sites excluding steroid dienone is 1. The first kappa shape index (κ1) is 19.1. The van der Waals surface area contributed by atoms with Gasteiger partial charge >= 0.3 is 5.97 Å². The first-order valence-electron chi connectivity index (χ1n) is 8.91. The Morgan fingerprint density at radius 3 is 2.11 bits per heavy atom. The third-order valence-corrected chi connectivity index (χ3v) is 4.39. The Morgan fingerprint density at radius 2 is 1.43 bits per heavy atom. The third-order valence-electron chi connectivity index (χ3n) is 4.39. The number of anilines is 1. The zero-order valence-corrected chi connectivity index (χ0v) is 15.8. The lowest BCUT2D eigenvalue weighted by molar-refractivity contribution is -0.111. The predicted octanol–water partition coefficient (Wildman–Crippen LogP) is 5.18. The molecule has 3 rings (SSSR count). The van der Waals surface area contributed by atoms with Crippen LogP contribution in [-0.2, 0) is 9.53 Å². The molecule has 3 aromatic carbocycles. The van der Waals surface area contributed by atoms with E-state index in [-0.39, 0.29) is 5.91 Å². The largest absolute Gasteiger partial charge is 0.465 e. The zero-order valence-electron chi connectivity index (χ0n) is 15.8. The van der Waals surface area contributed by atoms with Crippen LogP contribution in [0.25, 0.3) is 16.7 Å². The lowest BCUT2D eigenvalue weighted by Crippen LogP contribution is -2.13. The summed E-state index contributed by atoms with van der Waals surface area (Å²) in [4.78, 5) is 24.2. The lowest BCUT2D eigenvalue weighted by Gasteiger charge is -2.09. The standard InChI is InChI=1S/C24H21NO3/c1-17(18-12-14-20(15-13-18)19-8-4-3-5-9-19)16-23(26)25-22-11-7-6-10-21(22)24(27)28-2/h3-16H,1-2H3,(H,25,26)/b17-16-. The summed E-state index contributed by atoms with van der Waals surface area (Å²) < 4.78 is 4.75. The molecule has 3 aromatic rings. The smallest absolute Gasteiger partial charge is 0.339 e. The molecule has 0 heterocycles. The molecule has 0 aliphatic rings. The van der Waals surface area contributed by atoms with Gasteiger partial charge in [-0.05, 0) is 41.3 Å². The molecular weight excluding hydrogens is 350 g/mol. The van der Waals surface area contributed by atoms with E-state index in [4.69, 9.17) is 4.74 Å². The zero-order chi connectivity index (χ0) is 19.9. The van der Waals surface area contributed by atoms with Gasteiger partial charge in [0.25, 0.3) is 0 Å². The van der Waals surface area contributed by atoms with Crippen molar-refractivity contribution in [3.8, 4) is 11.1 Å². The third kappa shape index (κ3) is 4.54. The molecule has 0 spiro atoms. The van der Waals surface area contributed by atoms with Crippen molar-refractivity contribution >= 4 is 23.1 Å². The summed E-state index contributed by atoms with van der Waals surface area (Å²) in [6.07, 6.45) is 1.52. The van der Waals surface area contributed by atoms with E-state index < -0.39 is 5.97 Å². The van der Waals surface area contributed by atoms with E-state index in [1.54, 1.807) is 24.3 Å². The Morgan fingerprint density at radius 1 is 0.821 bits per heavy atom. The molecule has 0 saturated carbocycles. The minimum Gasteiger partial charge on any atom is -0.465 e. The number of hydrogen-bond acceptors (Lipinski definition) is 3. The van der Waals surface area contributed by atoms with E-state index in [0.717, 1.165) is 22.3 Å². The fourth-order valence-electron chi connectivity index (χ4n) is 2.89. The second kappa shape index (κ2) is 8.82. The van der Waals surface area contributed by atoms with Gasteiger partial charge in [0.2, 0.25) is 5.91 Å². The van der Waals surface area contributed by atoms with Crippen LogP contribution >= 0.6 is 0 Å². The Hall–Kier alpha value is -3.66. The van der Waals surface area contributed by atoms with Gasteiger partial charge < -0.3 is 10.1 Å². The number of benzene rings is 3. The summed E-state index contributed by atoms with van der Waals surface area (Å²) in [6.45, 7) is 1.88. The maximum atomic E-state index is 12.4. The molecular formula is C24H21NO3. The van der Waals surface area contributed by atoms with Crippen LogP contribution in [-0.4, -0.2) is 19.0 Å². The monoisotopic (exact) mass is 371 g/mol. The van der Waals surface area contributed by atoms with Gasteiger partial charge in [-0.1, -0.05) is 66.7 Å². The summed E-state index contributed by atoms with van der Waals surface area (Å²) in [5, 5.41) is 2.75. The molecule has 4 heteroatoms. The van der Waals surface area contributed by atoms with Gasteiger partial charge in [-0.2, -0.15) is 0 Å². The topological polar surface area (TPSA) is 55.4 Å². The molecule has 1 N–H and O–H groups in total. The molecule has 28 heavy (non-hydrogen) atoms. The summed E-state index contributed by atoms with van der Waals surface area (Å²) in [7, 11) is 1.31. The average Bonchev–Trinajstić information content (AvgIpc) is 2.74. The number of methoxy groups -OCH3 is 1. The van der Waals surface area contributed by atoms with Crippen LogP contribution < -0.4 is 5.32 Å². The quantitative estimate of drug-likeness (QED) is 0.496. The van der Waals surface area contributed by atoms with Crippen molar-refractivity contribution in [1.82, 2.24) is 0 Å². The van der Waals surface area contributed by atoms with E-state index in [9.17, 15) is 9.59 Å². The second-order valence-corrected chi connectivity index (χ2v) is 6.30. The Labute approximate surface area is 164 Å². The van der Waals surface area contributed by atoms with E-state index in [2.05, 4.69) is 17.4 Å². The van der Waals surface area contributed by atoms with Gasteiger partial charge in [0.1, 0.15) is 0 Å². The molecule has 0 aliphatic heterocycles. The Kier molecular flexibility index (Phi) is 6.02. The van der Waals surface area contributed by atoms with Crippen LogP contribution in [0, 0.1) is 0 Å². The van der Waals surface area contributed by atoms with Crippen molar-refractivity contribution in [2.45, 2.75) is 6.92 Å². The highest BCUT2D eigenvalue weighted by atomic mass is 16.5. The number of esters is 1. The maximum absolute atomic E-state index is 12.4. The highest BCUT2D eigenvalue weighted by molar-refractivity contribution is 6.07. The molecule has 140 valence electrons. The highest BCUT2D eigenvalue weighted by Gasteiger charge is 2.12. The molecule has 0 aliphatic carbocycles. The molecule has 0 unspecified atom stereocenters. The Balaban J connectivity index is 1.75. The van der Waals surface area contributed by atoms with E-state index in [1.807, 2.05) is 49.4 Å². The van der Waals surface area contributed by atoms with E-state index in [1.165, 1.54) is 13.2 Å². The molecule has 0 saturated heterocycles. The fraction of sp³-hybridized carbons (Fsp3) is 0.0833. The minimum absolute atomic E-state index is 0.305. The summed E-state index contributed by atoms with van der Waals surface area (Å²) in [6, 6.07) is 24.9. The molecule has 0 radical (unpaired) electrons.